The van der Waals surface area contributed by atoms with Gasteiger partial charge in [0.2, 0.25) is 11.7 Å². The lowest BCUT2D eigenvalue weighted by atomic mass is 10.1. The number of fused-ring (bicyclic) bond motifs is 1. The maximum atomic E-state index is 13.3. The van der Waals surface area contributed by atoms with Crippen molar-refractivity contribution >= 4 is 16.9 Å². The van der Waals surface area contributed by atoms with Gasteiger partial charge in [-0.25, -0.2) is 32.8 Å². The van der Waals surface area contributed by atoms with Gasteiger partial charge < -0.3 is 5.32 Å². The van der Waals surface area contributed by atoms with Gasteiger partial charge in [0.15, 0.2) is 0 Å². The van der Waals surface area contributed by atoms with E-state index in [1.807, 2.05) is 6.92 Å². The fourth-order valence-corrected chi connectivity index (χ4v) is 6.14. The van der Waals surface area contributed by atoms with Gasteiger partial charge in [0.1, 0.15) is 29.2 Å². The molecule has 1 saturated heterocycles. The van der Waals surface area contributed by atoms with Crippen LogP contribution in [0.5, 0.6) is 0 Å². The fraction of sp³-hybridized carbons (Fsp3) is 0.348. The van der Waals surface area contributed by atoms with Crippen LogP contribution in [-0.4, -0.2) is 46.4 Å². The van der Waals surface area contributed by atoms with Crippen molar-refractivity contribution in [2.75, 3.05) is 0 Å². The standard InChI is InChI=1S/C23H20F4N6O2S/c1-12-17-7-19(33(20(12)17)36(35)16-4-2-14(24)3-5-16)21(34)28-10-15-6-18(32-11-31-15)13-8-29-22(30-9-13)23(25,26)27/h2-6,8-9,11-12,17,19-20H,7,10H2,1H3,(H,28,34)/t12-,17?,19-,20?,36?/m0/s1. The smallest absolute Gasteiger partial charge is 0.349 e. The Bertz CT molecular complexity index is 1310. The molecule has 2 fully saturated rings. The second kappa shape index (κ2) is 9.28. The number of alkyl halides is 3. The Kier molecular flexibility index (Phi) is 6.29. The zero-order chi connectivity index (χ0) is 25.6. The number of benzene rings is 1. The van der Waals surface area contributed by atoms with Crippen molar-refractivity contribution < 1.29 is 26.6 Å². The van der Waals surface area contributed by atoms with Crippen LogP contribution in [0.4, 0.5) is 17.6 Å². The Morgan fingerprint density at radius 3 is 2.50 bits per heavy atom. The van der Waals surface area contributed by atoms with Crippen molar-refractivity contribution in [3.05, 3.63) is 66.4 Å². The van der Waals surface area contributed by atoms with Crippen LogP contribution in [0.3, 0.4) is 0 Å². The SMILES string of the molecule is C[C@H]1C2C[C@@H](C(=O)NCc3cc(-c4cnc(C(F)(F)F)nc4)ncn3)N(S(=O)c3ccc(F)cc3)C21. The van der Waals surface area contributed by atoms with E-state index < -0.39 is 34.8 Å². The van der Waals surface area contributed by atoms with Gasteiger partial charge in [-0.15, -0.1) is 0 Å². The van der Waals surface area contributed by atoms with Crippen molar-refractivity contribution in [3.63, 3.8) is 0 Å². The van der Waals surface area contributed by atoms with E-state index in [2.05, 4.69) is 25.3 Å². The molecule has 0 spiro atoms. The molecule has 3 unspecified atom stereocenters. The van der Waals surface area contributed by atoms with Crippen molar-refractivity contribution in [3.8, 4) is 11.3 Å². The maximum absolute atomic E-state index is 13.3. The molecule has 13 heteroatoms. The van der Waals surface area contributed by atoms with E-state index in [4.69, 9.17) is 0 Å². The summed E-state index contributed by atoms with van der Waals surface area (Å²) in [6, 6.07) is 6.29. The highest BCUT2D eigenvalue weighted by Gasteiger charge is 2.62. The number of piperidine rings is 1. The van der Waals surface area contributed by atoms with Crippen molar-refractivity contribution in [2.45, 2.75) is 43.0 Å². The molecule has 2 aliphatic rings. The minimum atomic E-state index is -4.65. The number of rotatable bonds is 6. The van der Waals surface area contributed by atoms with Gasteiger partial charge in [0, 0.05) is 24.0 Å². The van der Waals surface area contributed by atoms with Crippen LogP contribution in [0, 0.1) is 17.7 Å². The van der Waals surface area contributed by atoms with Gasteiger partial charge in [-0.2, -0.15) is 13.2 Å². The van der Waals surface area contributed by atoms with Crippen LogP contribution < -0.4 is 5.32 Å². The summed E-state index contributed by atoms with van der Waals surface area (Å²) in [6.45, 7) is 2.08. The molecule has 1 saturated carbocycles. The summed E-state index contributed by atoms with van der Waals surface area (Å²) in [5.41, 5.74) is 0.998. The molecular formula is C23H20F4N6O2S. The lowest BCUT2D eigenvalue weighted by Crippen LogP contribution is -2.46. The second-order valence-corrected chi connectivity index (χ2v) is 10.1. The monoisotopic (exact) mass is 520 g/mol. The number of hydrogen-bond donors (Lipinski definition) is 1. The van der Waals surface area contributed by atoms with Crippen molar-refractivity contribution in [2.24, 2.45) is 11.8 Å². The molecule has 2 aromatic heterocycles. The molecule has 1 aromatic carbocycles. The highest BCUT2D eigenvalue weighted by Crippen LogP contribution is 2.54. The summed E-state index contributed by atoms with van der Waals surface area (Å²) in [6.07, 6.45) is -0.809. The lowest BCUT2D eigenvalue weighted by molar-refractivity contribution is -0.145. The summed E-state index contributed by atoms with van der Waals surface area (Å²) >= 11 is 0. The average molecular weight is 521 g/mol. The Hall–Kier alpha value is -3.32. The normalized spacial score (nSPS) is 24.2. The van der Waals surface area contributed by atoms with Gasteiger partial charge in [0.05, 0.1) is 22.8 Å². The number of halogens is 4. The number of nitrogens with one attached hydrogen (secondary N) is 1. The van der Waals surface area contributed by atoms with Crippen LogP contribution in [-0.2, 0) is 28.5 Å². The van der Waals surface area contributed by atoms with E-state index >= 15 is 0 Å². The summed E-state index contributed by atoms with van der Waals surface area (Å²) in [5, 5.41) is 2.80. The highest BCUT2D eigenvalue weighted by atomic mass is 32.2. The average Bonchev–Trinajstić information content (AvgIpc) is 3.30. The summed E-state index contributed by atoms with van der Waals surface area (Å²) < 4.78 is 66.3. The van der Waals surface area contributed by atoms with E-state index in [-0.39, 0.29) is 30.0 Å². The second-order valence-electron chi connectivity index (χ2n) is 8.73. The minimum absolute atomic E-state index is 0.0111. The van der Waals surface area contributed by atoms with Gasteiger partial charge in [-0.3, -0.25) is 4.79 Å². The van der Waals surface area contributed by atoms with Gasteiger partial charge in [-0.05, 0) is 48.6 Å². The molecule has 1 N–H and O–H groups in total. The third-order valence-corrected chi connectivity index (χ3v) is 8.04. The molecule has 3 heterocycles. The van der Waals surface area contributed by atoms with Gasteiger partial charge in [-0.1, -0.05) is 6.92 Å². The zero-order valence-electron chi connectivity index (χ0n) is 18.8. The molecule has 1 aliphatic carbocycles. The molecule has 1 aliphatic heterocycles. The van der Waals surface area contributed by atoms with Crippen LogP contribution in [0.1, 0.15) is 24.9 Å². The van der Waals surface area contributed by atoms with E-state index in [0.717, 1.165) is 12.4 Å². The number of aromatic nitrogens is 4. The summed E-state index contributed by atoms with van der Waals surface area (Å²) in [4.78, 5) is 28.3. The van der Waals surface area contributed by atoms with Crippen LogP contribution >= 0.6 is 0 Å². The first-order chi connectivity index (χ1) is 17.1. The van der Waals surface area contributed by atoms with Crippen LogP contribution in [0.2, 0.25) is 0 Å². The third kappa shape index (κ3) is 4.72. The van der Waals surface area contributed by atoms with Crippen LogP contribution in [0.25, 0.3) is 11.3 Å². The Morgan fingerprint density at radius 2 is 1.83 bits per heavy atom. The Morgan fingerprint density at radius 1 is 1.14 bits per heavy atom. The quantitative estimate of drug-likeness (QED) is 0.502. The first-order valence-electron chi connectivity index (χ1n) is 11.1. The van der Waals surface area contributed by atoms with Crippen molar-refractivity contribution in [1.82, 2.24) is 29.6 Å². The largest absolute Gasteiger partial charge is 0.451 e. The zero-order valence-corrected chi connectivity index (χ0v) is 19.6. The number of amides is 1. The molecule has 8 nitrogen and oxygen atoms in total. The maximum Gasteiger partial charge on any atom is 0.451 e. The Balaban J connectivity index is 1.27. The summed E-state index contributed by atoms with van der Waals surface area (Å²) in [7, 11) is -1.63. The Labute approximate surface area is 205 Å². The number of carbonyl (C=O) groups excluding carboxylic acids is 1. The first kappa shape index (κ1) is 24.4. The molecule has 36 heavy (non-hydrogen) atoms. The predicted octanol–water partition coefficient (Wildman–Crippen LogP) is 3.14. The minimum Gasteiger partial charge on any atom is -0.349 e. The first-order valence-corrected chi connectivity index (χ1v) is 12.2. The van der Waals surface area contributed by atoms with E-state index in [9.17, 15) is 26.6 Å². The number of carbonyl (C=O) groups is 1. The predicted molar refractivity (Wildman–Crippen MR) is 119 cm³/mol. The lowest BCUT2D eigenvalue weighted by Gasteiger charge is -2.26. The molecule has 1 amide bonds. The third-order valence-electron chi connectivity index (χ3n) is 6.49. The van der Waals surface area contributed by atoms with Gasteiger partial charge >= 0.3 is 6.18 Å². The molecule has 5 rings (SSSR count). The van der Waals surface area contributed by atoms with Crippen molar-refractivity contribution in [1.29, 1.82) is 0 Å². The van der Waals surface area contributed by atoms with E-state index in [1.54, 1.807) is 4.31 Å². The van der Waals surface area contributed by atoms with Crippen LogP contribution in [0.15, 0.2) is 53.9 Å². The molecule has 3 aromatic rings. The molecule has 5 atom stereocenters. The molecular weight excluding hydrogens is 500 g/mol. The topological polar surface area (TPSA) is 101 Å². The van der Waals surface area contributed by atoms with Gasteiger partial charge in [0.25, 0.3) is 0 Å². The molecule has 188 valence electrons. The number of hydrogen-bond acceptors (Lipinski definition) is 6. The summed E-state index contributed by atoms with van der Waals surface area (Å²) in [5.74, 6) is -1.43. The van der Waals surface area contributed by atoms with E-state index in [1.165, 1.54) is 36.7 Å². The molecule has 0 radical (unpaired) electrons. The number of nitrogens with zero attached hydrogens (tertiary/aromatic N) is 5. The molecule has 0 bridgehead atoms. The highest BCUT2D eigenvalue weighted by molar-refractivity contribution is 7.82. The van der Waals surface area contributed by atoms with E-state index in [0.29, 0.717) is 28.6 Å². The fourth-order valence-electron chi connectivity index (χ4n) is 4.54.